The Morgan fingerprint density at radius 1 is 0.537 bits per heavy atom. The summed E-state index contributed by atoms with van der Waals surface area (Å²) in [5, 5.41) is 9.95. The molecular weight excluding hydrogens is 538 g/mol. The van der Waals surface area contributed by atoms with Gasteiger partial charge in [0.15, 0.2) is 0 Å². The maximum absolute atomic E-state index is 9.16. The Hall–Kier alpha value is -4.55. The normalized spacial score (nSPS) is 15.9. The van der Waals surface area contributed by atoms with Gasteiger partial charge in [0, 0.05) is 20.4 Å². The lowest BCUT2D eigenvalue weighted by atomic mass is 9.67. The minimum atomic E-state index is -0.452. The van der Waals surface area contributed by atoms with Crippen LogP contribution in [0.25, 0.3) is 33.4 Å². The van der Waals surface area contributed by atoms with E-state index in [0.29, 0.717) is 5.56 Å². The average Bonchev–Trinajstić information content (AvgIpc) is 3.33. The van der Waals surface area contributed by atoms with Gasteiger partial charge in [-0.15, -0.1) is 0 Å². The molecule has 1 unspecified atom stereocenters. The number of nitriles is 1. The van der Waals surface area contributed by atoms with Gasteiger partial charge in [0.1, 0.15) is 0 Å². The number of fused-ring (bicyclic) bond motifs is 9. The summed E-state index contributed by atoms with van der Waals surface area (Å²) in [6.45, 7) is 0. The van der Waals surface area contributed by atoms with Crippen LogP contribution in [-0.4, -0.2) is 0 Å². The molecule has 1 heterocycles. The number of hydrogen-bond acceptors (Lipinski definition) is 2. The fraction of sp³-hybridized carbons (Fsp3) is 0.0263. The van der Waals surface area contributed by atoms with Crippen LogP contribution in [0.3, 0.4) is 0 Å². The highest BCUT2D eigenvalue weighted by molar-refractivity contribution is 7.99. The lowest BCUT2D eigenvalue weighted by Crippen LogP contribution is -2.32. The summed E-state index contributed by atoms with van der Waals surface area (Å²) in [6, 6.07) is 49.4. The van der Waals surface area contributed by atoms with Crippen LogP contribution < -0.4 is 0 Å². The van der Waals surface area contributed by atoms with Gasteiger partial charge in [0.25, 0.3) is 0 Å². The largest absolute Gasteiger partial charge is 0.192 e. The van der Waals surface area contributed by atoms with Crippen LogP contribution in [-0.2, 0) is 5.41 Å². The second kappa shape index (κ2) is 9.25. The lowest BCUT2D eigenvalue weighted by molar-refractivity contribution is 0.723. The average molecular weight is 560 g/mol. The van der Waals surface area contributed by atoms with Crippen LogP contribution in [0.5, 0.6) is 0 Å². The van der Waals surface area contributed by atoms with Crippen molar-refractivity contribution in [2.24, 2.45) is 0 Å². The van der Waals surface area contributed by atoms with E-state index in [1.807, 2.05) is 42.1 Å². The second-order valence-corrected chi connectivity index (χ2v) is 12.0. The summed E-state index contributed by atoms with van der Waals surface area (Å²) in [4.78, 5) is 2.55. The van der Waals surface area contributed by atoms with Crippen molar-refractivity contribution in [1.82, 2.24) is 0 Å². The number of halogens is 1. The number of benzene rings is 6. The van der Waals surface area contributed by atoms with E-state index in [1.54, 1.807) is 0 Å². The zero-order chi connectivity index (χ0) is 27.6. The summed E-state index contributed by atoms with van der Waals surface area (Å²) in [5.41, 5.74) is 12.3. The predicted molar refractivity (Wildman–Crippen MR) is 168 cm³/mol. The highest BCUT2D eigenvalue weighted by Crippen LogP contribution is 2.64. The molecule has 0 saturated carbocycles. The molecule has 41 heavy (non-hydrogen) atoms. The van der Waals surface area contributed by atoms with Crippen LogP contribution in [0.1, 0.15) is 27.8 Å². The van der Waals surface area contributed by atoms with Crippen LogP contribution in [0.4, 0.5) is 0 Å². The SMILES string of the molecule is N#Cc1ccc(-c2ccc(-c3cccc4c3Sc3ccccc3C43c4ccccc4-c4c(Cl)cccc43)cc2)cc1. The zero-order valence-corrected chi connectivity index (χ0v) is 23.5. The number of rotatable bonds is 2. The summed E-state index contributed by atoms with van der Waals surface area (Å²) in [5.74, 6) is 0. The van der Waals surface area contributed by atoms with E-state index in [0.717, 1.165) is 21.7 Å². The molecule has 6 aromatic carbocycles. The minimum Gasteiger partial charge on any atom is -0.192 e. The van der Waals surface area contributed by atoms with Crippen molar-refractivity contribution >= 4 is 23.4 Å². The van der Waals surface area contributed by atoms with Gasteiger partial charge in [0.2, 0.25) is 0 Å². The van der Waals surface area contributed by atoms with Crippen molar-refractivity contribution in [3.05, 3.63) is 166 Å². The quantitative estimate of drug-likeness (QED) is 0.210. The summed E-state index contributed by atoms with van der Waals surface area (Å²) < 4.78 is 0. The number of nitrogens with zero attached hydrogens (tertiary/aromatic N) is 1. The molecule has 6 aromatic rings. The zero-order valence-electron chi connectivity index (χ0n) is 21.9. The fourth-order valence-electron chi connectivity index (χ4n) is 6.73. The molecule has 1 spiro atoms. The van der Waals surface area contributed by atoms with E-state index in [2.05, 4.69) is 109 Å². The van der Waals surface area contributed by atoms with Crippen LogP contribution in [0, 0.1) is 11.3 Å². The van der Waals surface area contributed by atoms with Crippen LogP contribution in [0.15, 0.2) is 143 Å². The van der Waals surface area contributed by atoms with E-state index in [1.165, 1.54) is 48.7 Å². The molecule has 192 valence electrons. The standard InChI is InChI=1S/C38H22ClNS/c39-34-13-6-11-32-36(34)29-7-1-2-9-30(29)38(32)31-10-3-4-14-35(31)41-37-28(8-5-12-33(37)38)27-21-19-26(20-22-27)25-17-15-24(23-40)16-18-25/h1-22H. The molecule has 3 heteroatoms. The first-order chi connectivity index (χ1) is 20.2. The summed E-state index contributed by atoms with van der Waals surface area (Å²) in [6.07, 6.45) is 0. The monoisotopic (exact) mass is 559 g/mol. The molecular formula is C38H22ClNS. The molecule has 0 bridgehead atoms. The molecule has 8 rings (SSSR count). The van der Waals surface area contributed by atoms with E-state index in [4.69, 9.17) is 16.9 Å². The van der Waals surface area contributed by atoms with Gasteiger partial charge in [0.05, 0.1) is 17.0 Å². The molecule has 0 amide bonds. The van der Waals surface area contributed by atoms with E-state index in [9.17, 15) is 0 Å². The minimum absolute atomic E-state index is 0.452. The molecule has 0 saturated heterocycles. The maximum atomic E-state index is 9.16. The van der Waals surface area contributed by atoms with Crippen molar-refractivity contribution in [1.29, 1.82) is 5.26 Å². The Labute approximate surface area is 248 Å². The highest BCUT2D eigenvalue weighted by atomic mass is 35.5. The van der Waals surface area contributed by atoms with Gasteiger partial charge in [-0.3, -0.25) is 0 Å². The van der Waals surface area contributed by atoms with Crippen LogP contribution in [0.2, 0.25) is 5.02 Å². The molecule has 1 aliphatic heterocycles. The lowest BCUT2D eigenvalue weighted by Gasteiger charge is -2.40. The van der Waals surface area contributed by atoms with Crippen molar-refractivity contribution in [2.45, 2.75) is 15.2 Å². The smallest absolute Gasteiger partial charge is 0.0991 e. The Morgan fingerprint density at radius 2 is 1.12 bits per heavy atom. The Morgan fingerprint density at radius 3 is 1.90 bits per heavy atom. The molecule has 0 N–H and O–H groups in total. The van der Waals surface area contributed by atoms with Gasteiger partial charge < -0.3 is 0 Å². The topological polar surface area (TPSA) is 23.8 Å². The highest BCUT2D eigenvalue weighted by Gasteiger charge is 2.51. The molecule has 0 fully saturated rings. The van der Waals surface area contributed by atoms with Gasteiger partial charge in [-0.25, -0.2) is 0 Å². The molecule has 0 radical (unpaired) electrons. The van der Waals surface area contributed by atoms with Crippen molar-refractivity contribution in [3.63, 3.8) is 0 Å². The van der Waals surface area contributed by atoms with E-state index in [-0.39, 0.29) is 0 Å². The van der Waals surface area contributed by atoms with Gasteiger partial charge >= 0.3 is 0 Å². The van der Waals surface area contributed by atoms with Gasteiger partial charge in [-0.1, -0.05) is 133 Å². The fourth-order valence-corrected chi connectivity index (χ4v) is 8.33. The van der Waals surface area contributed by atoms with E-state index >= 15 is 0 Å². The Kier molecular flexibility index (Phi) is 5.47. The third-order valence-electron chi connectivity index (χ3n) is 8.48. The first kappa shape index (κ1) is 24.3. The van der Waals surface area contributed by atoms with Crippen molar-refractivity contribution < 1.29 is 0 Å². The second-order valence-electron chi connectivity index (χ2n) is 10.5. The van der Waals surface area contributed by atoms with Gasteiger partial charge in [-0.2, -0.15) is 5.26 Å². The molecule has 1 aliphatic carbocycles. The van der Waals surface area contributed by atoms with Gasteiger partial charge in [-0.05, 0) is 74.3 Å². The first-order valence-electron chi connectivity index (χ1n) is 13.6. The third kappa shape index (κ3) is 3.44. The Balaban J connectivity index is 1.36. The molecule has 0 aromatic heterocycles. The van der Waals surface area contributed by atoms with Crippen molar-refractivity contribution in [3.8, 4) is 39.4 Å². The first-order valence-corrected chi connectivity index (χ1v) is 14.8. The van der Waals surface area contributed by atoms with E-state index < -0.39 is 5.41 Å². The summed E-state index contributed by atoms with van der Waals surface area (Å²) in [7, 11) is 0. The van der Waals surface area contributed by atoms with Crippen molar-refractivity contribution in [2.75, 3.05) is 0 Å². The molecule has 1 atom stereocenters. The number of hydrogen-bond donors (Lipinski definition) is 0. The summed E-state index contributed by atoms with van der Waals surface area (Å²) >= 11 is 8.80. The predicted octanol–water partition coefficient (Wildman–Crippen LogP) is 10.4. The van der Waals surface area contributed by atoms with Crippen LogP contribution >= 0.6 is 23.4 Å². The maximum Gasteiger partial charge on any atom is 0.0991 e. The molecule has 2 aliphatic rings. The Bertz CT molecular complexity index is 2040. The molecule has 1 nitrogen and oxygen atoms in total. The third-order valence-corrected chi connectivity index (χ3v) is 10.0.